The highest BCUT2D eigenvalue weighted by molar-refractivity contribution is 7.91. The third-order valence-corrected chi connectivity index (χ3v) is 8.13. The average molecular weight is 429 g/mol. The number of piperazine rings is 1. The van der Waals surface area contributed by atoms with E-state index in [1.807, 2.05) is 24.3 Å². The van der Waals surface area contributed by atoms with Crippen LogP contribution in [-0.2, 0) is 21.2 Å². The molecule has 0 unspecified atom stereocenters. The van der Waals surface area contributed by atoms with Crippen LogP contribution in [0.25, 0.3) is 0 Å². The molecule has 1 saturated heterocycles. The summed E-state index contributed by atoms with van der Waals surface area (Å²) in [7, 11) is -1.93. The molecule has 2 heterocycles. The number of aryl methyl sites for hydroxylation is 1. The zero-order valence-corrected chi connectivity index (χ0v) is 17.3. The van der Waals surface area contributed by atoms with Gasteiger partial charge in [-0.15, -0.1) is 11.3 Å². The van der Waals surface area contributed by atoms with Crippen LogP contribution in [0.1, 0.15) is 12.0 Å². The van der Waals surface area contributed by atoms with Crippen molar-refractivity contribution < 1.29 is 17.9 Å². The van der Waals surface area contributed by atoms with Crippen molar-refractivity contribution in [1.29, 1.82) is 0 Å². The monoisotopic (exact) mass is 428 g/mol. The summed E-state index contributed by atoms with van der Waals surface area (Å²) in [5.74, 6) is 0.799. The van der Waals surface area contributed by atoms with Gasteiger partial charge < -0.3 is 9.64 Å². The van der Waals surface area contributed by atoms with E-state index >= 15 is 0 Å². The number of hydrogen-bond acceptors (Lipinski definition) is 5. The van der Waals surface area contributed by atoms with E-state index in [4.69, 9.17) is 16.3 Å². The van der Waals surface area contributed by atoms with E-state index < -0.39 is 10.0 Å². The maximum Gasteiger partial charge on any atom is 0.252 e. The zero-order chi connectivity index (χ0) is 19.4. The first kappa shape index (κ1) is 20.1. The van der Waals surface area contributed by atoms with Gasteiger partial charge in [0.05, 0.1) is 11.4 Å². The molecule has 0 spiro atoms. The number of thiophene rings is 1. The van der Waals surface area contributed by atoms with Gasteiger partial charge in [0.1, 0.15) is 9.96 Å². The van der Waals surface area contributed by atoms with Crippen molar-refractivity contribution in [2.45, 2.75) is 17.1 Å². The first-order valence-corrected chi connectivity index (χ1v) is 11.2. The molecule has 1 amide bonds. The molecule has 1 aliphatic heterocycles. The summed E-state index contributed by atoms with van der Waals surface area (Å²) < 4.78 is 32.6. The minimum Gasteiger partial charge on any atom is -0.496 e. The number of para-hydroxylation sites is 1. The SMILES string of the molecule is COc1ccccc1CCC(=O)N1CCN(S(=O)(=O)c2ccc(Cl)s2)CC1. The fraction of sp³-hybridized carbons (Fsp3) is 0.389. The zero-order valence-electron chi connectivity index (χ0n) is 14.9. The van der Waals surface area contributed by atoms with E-state index in [0.717, 1.165) is 22.6 Å². The van der Waals surface area contributed by atoms with Crippen molar-refractivity contribution in [3.8, 4) is 5.75 Å². The molecule has 0 saturated carbocycles. The summed E-state index contributed by atoms with van der Waals surface area (Å²) in [6.07, 6.45) is 0.961. The first-order valence-electron chi connectivity index (χ1n) is 8.57. The Morgan fingerprint density at radius 2 is 1.85 bits per heavy atom. The molecule has 9 heteroatoms. The number of halogens is 1. The molecule has 1 aromatic carbocycles. The number of carbonyl (C=O) groups is 1. The predicted molar refractivity (Wildman–Crippen MR) is 106 cm³/mol. The fourth-order valence-electron chi connectivity index (χ4n) is 3.05. The molecule has 27 heavy (non-hydrogen) atoms. The second kappa shape index (κ2) is 8.60. The number of carbonyl (C=O) groups excluding carboxylic acids is 1. The number of nitrogens with zero attached hydrogens (tertiary/aromatic N) is 2. The van der Waals surface area contributed by atoms with Gasteiger partial charge in [-0.3, -0.25) is 4.79 Å². The van der Waals surface area contributed by atoms with Crippen LogP contribution in [0.4, 0.5) is 0 Å². The van der Waals surface area contributed by atoms with E-state index in [9.17, 15) is 13.2 Å². The third kappa shape index (κ3) is 4.63. The molecule has 1 fully saturated rings. The lowest BCUT2D eigenvalue weighted by Crippen LogP contribution is -2.50. The van der Waals surface area contributed by atoms with Crippen LogP contribution in [0.5, 0.6) is 5.75 Å². The Morgan fingerprint density at radius 3 is 2.48 bits per heavy atom. The summed E-state index contributed by atoms with van der Waals surface area (Å²) in [5, 5.41) is 0. The van der Waals surface area contributed by atoms with Gasteiger partial charge in [-0.1, -0.05) is 29.8 Å². The lowest BCUT2D eigenvalue weighted by atomic mass is 10.1. The van der Waals surface area contributed by atoms with E-state index in [2.05, 4.69) is 0 Å². The van der Waals surface area contributed by atoms with Crippen molar-refractivity contribution in [2.75, 3.05) is 33.3 Å². The molecule has 146 valence electrons. The lowest BCUT2D eigenvalue weighted by Gasteiger charge is -2.33. The average Bonchev–Trinajstić information content (AvgIpc) is 3.13. The number of rotatable bonds is 6. The lowest BCUT2D eigenvalue weighted by molar-refractivity contribution is -0.132. The van der Waals surface area contributed by atoms with Gasteiger partial charge >= 0.3 is 0 Å². The topological polar surface area (TPSA) is 66.9 Å². The van der Waals surface area contributed by atoms with Crippen LogP contribution in [-0.4, -0.2) is 56.8 Å². The first-order chi connectivity index (χ1) is 12.9. The highest BCUT2D eigenvalue weighted by Crippen LogP contribution is 2.28. The summed E-state index contributed by atoms with van der Waals surface area (Å²) in [5.41, 5.74) is 0.990. The predicted octanol–water partition coefficient (Wildman–Crippen LogP) is 2.88. The van der Waals surface area contributed by atoms with Crippen molar-refractivity contribution in [3.05, 3.63) is 46.3 Å². The van der Waals surface area contributed by atoms with Gasteiger partial charge in [0.25, 0.3) is 10.0 Å². The summed E-state index contributed by atoms with van der Waals surface area (Å²) in [6.45, 7) is 1.36. The van der Waals surface area contributed by atoms with Crippen LogP contribution in [0.2, 0.25) is 4.34 Å². The van der Waals surface area contributed by atoms with Crippen LogP contribution in [0, 0.1) is 0 Å². The van der Waals surface area contributed by atoms with Gasteiger partial charge in [-0.25, -0.2) is 8.42 Å². The smallest absolute Gasteiger partial charge is 0.252 e. The van der Waals surface area contributed by atoms with Gasteiger partial charge in [-0.05, 0) is 30.2 Å². The van der Waals surface area contributed by atoms with Gasteiger partial charge in [0.15, 0.2) is 0 Å². The number of methoxy groups -OCH3 is 1. The number of ether oxygens (including phenoxy) is 1. The Hall–Kier alpha value is -1.61. The Labute approximate surface area is 168 Å². The summed E-state index contributed by atoms with van der Waals surface area (Å²) >= 11 is 6.90. The van der Waals surface area contributed by atoms with E-state index in [-0.39, 0.29) is 23.2 Å². The molecule has 2 aromatic rings. The number of hydrogen-bond donors (Lipinski definition) is 0. The number of sulfonamides is 1. The molecule has 0 atom stereocenters. The molecule has 0 radical (unpaired) electrons. The molecular formula is C18H21ClN2O4S2. The maximum atomic E-state index is 12.6. The minimum atomic E-state index is -3.54. The largest absolute Gasteiger partial charge is 0.496 e. The molecule has 0 bridgehead atoms. The van der Waals surface area contributed by atoms with Crippen LogP contribution in [0.3, 0.4) is 0 Å². The Bertz CT molecular complexity index is 906. The normalized spacial score (nSPS) is 15.7. The second-order valence-electron chi connectivity index (χ2n) is 6.16. The highest BCUT2D eigenvalue weighted by atomic mass is 35.5. The maximum absolute atomic E-state index is 12.6. The number of benzene rings is 1. The molecule has 0 N–H and O–H groups in total. The molecule has 0 aliphatic carbocycles. The van der Waals surface area contributed by atoms with Crippen LogP contribution >= 0.6 is 22.9 Å². The van der Waals surface area contributed by atoms with Crippen molar-refractivity contribution in [3.63, 3.8) is 0 Å². The van der Waals surface area contributed by atoms with Crippen LogP contribution < -0.4 is 4.74 Å². The number of amides is 1. The van der Waals surface area contributed by atoms with Crippen LogP contribution in [0.15, 0.2) is 40.6 Å². The highest BCUT2D eigenvalue weighted by Gasteiger charge is 2.31. The minimum absolute atomic E-state index is 0.0251. The van der Waals surface area contributed by atoms with Crippen molar-refractivity contribution in [1.82, 2.24) is 9.21 Å². The standard InChI is InChI=1S/C18H21ClN2O4S2/c1-25-15-5-3-2-4-14(15)6-8-17(22)20-10-12-21(13-11-20)27(23,24)18-9-7-16(19)26-18/h2-5,7,9H,6,8,10-13H2,1H3. The molecule has 3 rings (SSSR count). The van der Waals surface area contributed by atoms with E-state index in [0.29, 0.717) is 30.3 Å². The van der Waals surface area contributed by atoms with Crippen molar-refractivity contribution >= 4 is 38.9 Å². The summed E-state index contributed by atoms with van der Waals surface area (Å²) in [4.78, 5) is 14.2. The Kier molecular flexibility index (Phi) is 6.41. The second-order valence-corrected chi connectivity index (χ2v) is 10.0. The molecular weight excluding hydrogens is 408 g/mol. The van der Waals surface area contributed by atoms with E-state index in [1.54, 1.807) is 18.1 Å². The Morgan fingerprint density at radius 1 is 1.15 bits per heavy atom. The molecule has 1 aromatic heterocycles. The third-order valence-electron chi connectivity index (χ3n) is 4.53. The quantitative estimate of drug-likeness (QED) is 0.709. The fourth-order valence-corrected chi connectivity index (χ4v) is 6.11. The van der Waals surface area contributed by atoms with Gasteiger partial charge in [0, 0.05) is 32.6 Å². The van der Waals surface area contributed by atoms with Gasteiger partial charge in [0.2, 0.25) is 5.91 Å². The van der Waals surface area contributed by atoms with E-state index in [1.165, 1.54) is 10.4 Å². The molecule has 1 aliphatic rings. The summed E-state index contributed by atoms with van der Waals surface area (Å²) in [6, 6.07) is 10.7. The Balaban J connectivity index is 1.55. The van der Waals surface area contributed by atoms with Gasteiger partial charge in [-0.2, -0.15) is 4.31 Å². The van der Waals surface area contributed by atoms with Crippen molar-refractivity contribution in [2.24, 2.45) is 0 Å². The molecule has 6 nitrogen and oxygen atoms in total.